The highest BCUT2D eigenvalue weighted by atomic mass is 16.5. The fourth-order valence-electron chi connectivity index (χ4n) is 1.88. The minimum Gasteiger partial charge on any atom is -0.496 e. The van der Waals surface area contributed by atoms with Crippen LogP contribution >= 0.6 is 0 Å². The summed E-state index contributed by atoms with van der Waals surface area (Å²) in [5.41, 5.74) is 0. The third-order valence-electron chi connectivity index (χ3n) is 3.18. The zero-order chi connectivity index (χ0) is 13.5. The number of methoxy groups -OCH3 is 2. The fraction of sp³-hybridized carbons (Fsp3) is 0.600. The van der Waals surface area contributed by atoms with Crippen molar-refractivity contribution in [2.45, 2.75) is 31.7 Å². The lowest BCUT2D eigenvalue weighted by molar-refractivity contribution is 0.300. The standard InChI is InChI=1S/C15H23NO3/c1-17-13-9-14(18-2)11-15(10-13)19-8-4-3-7-16-12-5-6-12/h9-12,16H,3-8H2,1-2H3. The van der Waals surface area contributed by atoms with Gasteiger partial charge >= 0.3 is 0 Å². The first-order chi connectivity index (χ1) is 9.31. The van der Waals surface area contributed by atoms with Crippen molar-refractivity contribution in [3.63, 3.8) is 0 Å². The lowest BCUT2D eigenvalue weighted by atomic mass is 10.3. The number of hydrogen-bond acceptors (Lipinski definition) is 4. The zero-order valence-electron chi connectivity index (χ0n) is 11.8. The Hall–Kier alpha value is -1.42. The molecule has 0 aromatic heterocycles. The minimum atomic E-state index is 0.725. The molecule has 0 amide bonds. The van der Waals surface area contributed by atoms with Crippen LogP contribution in [0.3, 0.4) is 0 Å². The lowest BCUT2D eigenvalue weighted by Crippen LogP contribution is -2.17. The van der Waals surface area contributed by atoms with E-state index in [4.69, 9.17) is 14.2 Å². The molecule has 19 heavy (non-hydrogen) atoms. The van der Waals surface area contributed by atoms with E-state index in [0.29, 0.717) is 0 Å². The molecule has 1 fully saturated rings. The van der Waals surface area contributed by atoms with Crippen LogP contribution in [0.4, 0.5) is 0 Å². The van der Waals surface area contributed by atoms with Crippen LogP contribution in [0.15, 0.2) is 18.2 Å². The van der Waals surface area contributed by atoms with Crippen molar-refractivity contribution in [2.24, 2.45) is 0 Å². The molecule has 4 heteroatoms. The Labute approximate surface area is 115 Å². The molecule has 106 valence electrons. The molecule has 2 rings (SSSR count). The van der Waals surface area contributed by atoms with E-state index in [-0.39, 0.29) is 0 Å². The summed E-state index contributed by atoms with van der Waals surface area (Å²) < 4.78 is 16.1. The van der Waals surface area contributed by atoms with Crippen molar-refractivity contribution in [1.29, 1.82) is 0 Å². The molecular weight excluding hydrogens is 242 g/mol. The molecule has 0 aliphatic heterocycles. The van der Waals surface area contributed by atoms with Crippen molar-refractivity contribution >= 4 is 0 Å². The smallest absolute Gasteiger partial charge is 0.126 e. The highest BCUT2D eigenvalue weighted by molar-refractivity contribution is 5.41. The van der Waals surface area contributed by atoms with Gasteiger partial charge in [0.15, 0.2) is 0 Å². The summed E-state index contributed by atoms with van der Waals surface area (Å²) in [6.07, 6.45) is 4.90. The molecule has 0 bridgehead atoms. The molecule has 1 aromatic rings. The van der Waals surface area contributed by atoms with Crippen molar-refractivity contribution in [1.82, 2.24) is 5.32 Å². The predicted molar refractivity (Wildman–Crippen MR) is 75.3 cm³/mol. The number of benzene rings is 1. The summed E-state index contributed by atoms with van der Waals surface area (Å²) in [5.74, 6) is 2.31. The third-order valence-corrected chi connectivity index (χ3v) is 3.18. The molecule has 1 aromatic carbocycles. The Morgan fingerprint density at radius 2 is 1.63 bits per heavy atom. The van der Waals surface area contributed by atoms with Gasteiger partial charge in [-0.2, -0.15) is 0 Å². The molecule has 0 spiro atoms. The van der Waals surface area contributed by atoms with Gasteiger partial charge in [-0.05, 0) is 32.2 Å². The molecule has 4 nitrogen and oxygen atoms in total. The van der Waals surface area contributed by atoms with Gasteiger partial charge in [-0.25, -0.2) is 0 Å². The Kier molecular flexibility index (Phi) is 5.33. The molecule has 0 heterocycles. The quantitative estimate of drug-likeness (QED) is 0.697. The van der Waals surface area contributed by atoms with Crippen LogP contribution in [0, 0.1) is 0 Å². The largest absolute Gasteiger partial charge is 0.496 e. The third kappa shape index (κ3) is 4.99. The molecule has 0 atom stereocenters. The first-order valence-electron chi connectivity index (χ1n) is 6.91. The molecule has 0 saturated heterocycles. The van der Waals surface area contributed by atoms with Crippen molar-refractivity contribution < 1.29 is 14.2 Å². The summed E-state index contributed by atoms with van der Waals surface area (Å²) in [6.45, 7) is 1.82. The lowest BCUT2D eigenvalue weighted by Gasteiger charge is -2.10. The molecular formula is C15H23NO3. The Bertz CT molecular complexity index is 369. The maximum absolute atomic E-state index is 5.73. The second-order valence-corrected chi connectivity index (χ2v) is 4.83. The average molecular weight is 265 g/mol. The Morgan fingerprint density at radius 1 is 1.00 bits per heavy atom. The SMILES string of the molecule is COc1cc(OC)cc(OCCCCNC2CC2)c1. The van der Waals surface area contributed by atoms with Crippen LogP contribution in [-0.2, 0) is 0 Å². The van der Waals surface area contributed by atoms with Crippen LogP contribution in [0.1, 0.15) is 25.7 Å². The zero-order valence-corrected chi connectivity index (χ0v) is 11.8. The van der Waals surface area contributed by atoms with E-state index in [1.165, 1.54) is 12.8 Å². The van der Waals surface area contributed by atoms with Crippen LogP contribution in [0.2, 0.25) is 0 Å². The van der Waals surface area contributed by atoms with Crippen LogP contribution < -0.4 is 19.5 Å². The van der Waals surface area contributed by atoms with Crippen molar-refractivity contribution in [3.8, 4) is 17.2 Å². The van der Waals surface area contributed by atoms with Gasteiger partial charge in [-0.15, -0.1) is 0 Å². The van der Waals surface area contributed by atoms with E-state index in [1.54, 1.807) is 14.2 Å². The molecule has 1 aliphatic rings. The fourth-order valence-corrected chi connectivity index (χ4v) is 1.88. The number of hydrogen-bond donors (Lipinski definition) is 1. The predicted octanol–water partition coefficient (Wildman–Crippen LogP) is 2.61. The normalized spacial score (nSPS) is 14.2. The van der Waals surface area contributed by atoms with E-state index in [1.807, 2.05) is 18.2 Å². The molecule has 0 unspecified atom stereocenters. The number of ether oxygens (including phenoxy) is 3. The average Bonchev–Trinajstić information content (AvgIpc) is 3.26. The van der Waals surface area contributed by atoms with Gasteiger partial charge in [0.05, 0.1) is 20.8 Å². The second-order valence-electron chi connectivity index (χ2n) is 4.83. The minimum absolute atomic E-state index is 0.725. The van der Waals surface area contributed by atoms with Crippen molar-refractivity contribution in [2.75, 3.05) is 27.4 Å². The van der Waals surface area contributed by atoms with Crippen LogP contribution in [-0.4, -0.2) is 33.4 Å². The topological polar surface area (TPSA) is 39.7 Å². The van der Waals surface area contributed by atoms with E-state index < -0.39 is 0 Å². The van der Waals surface area contributed by atoms with Crippen LogP contribution in [0.25, 0.3) is 0 Å². The molecule has 0 radical (unpaired) electrons. The van der Waals surface area contributed by atoms with E-state index >= 15 is 0 Å². The summed E-state index contributed by atoms with van der Waals surface area (Å²) >= 11 is 0. The molecule has 1 saturated carbocycles. The van der Waals surface area contributed by atoms with Gasteiger partial charge in [0, 0.05) is 24.2 Å². The van der Waals surface area contributed by atoms with Gasteiger partial charge in [-0.1, -0.05) is 0 Å². The number of unbranched alkanes of at least 4 members (excludes halogenated alkanes) is 1. The first kappa shape index (κ1) is 14.0. The Balaban J connectivity index is 1.68. The second kappa shape index (κ2) is 7.24. The summed E-state index contributed by atoms with van der Waals surface area (Å²) in [7, 11) is 3.28. The highest BCUT2D eigenvalue weighted by Gasteiger charge is 2.19. The monoisotopic (exact) mass is 265 g/mol. The molecule has 1 N–H and O–H groups in total. The van der Waals surface area contributed by atoms with Gasteiger partial charge in [0.2, 0.25) is 0 Å². The summed E-state index contributed by atoms with van der Waals surface area (Å²) in [6, 6.07) is 6.39. The van der Waals surface area contributed by atoms with Gasteiger partial charge in [0.1, 0.15) is 17.2 Å². The van der Waals surface area contributed by atoms with Crippen molar-refractivity contribution in [3.05, 3.63) is 18.2 Å². The van der Waals surface area contributed by atoms with Gasteiger partial charge in [-0.3, -0.25) is 0 Å². The Morgan fingerprint density at radius 3 is 2.21 bits per heavy atom. The molecule has 1 aliphatic carbocycles. The van der Waals surface area contributed by atoms with Gasteiger partial charge in [0.25, 0.3) is 0 Å². The summed E-state index contributed by atoms with van der Waals surface area (Å²) in [5, 5.41) is 3.50. The first-order valence-corrected chi connectivity index (χ1v) is 6.91. The van der Waals surface area contributed by atoms with E-state index in [2.05, 4.69) is 5.32 Å². The van der Waals surface area contributed by atoms with Crippen LogP contribution in [0.5, 0.6) is 17.2 Å². The highest BCUT2D eigenvalue weighted by Crippen LogP contribution is 2.27. The number of rotatable bonds is 9. The number of nitrogens with one attached hydrogen (secondary N) is 1. The summed E-state index contributed by atoms with van der Waals surface area (Å²) in [4.78, 5) is 0. The maximum Gasteiger partial charge on any atom is 0.126 e. The van der Waals surface area contributed by atoms with E-state index in [0.717, 1.165) is 49.3 Å². The van der Waals surface area contributed by atoms with E-state index in [9.17, 15) is 0 Å². The maximum atomic E-state index is 5.73. The van der Waals surface area contributed by atoms with Gasteiger partial charge < -0.3 is 19.5 Å².